The van der Waals surface area contributed by atoms with E-state index in [4.69, 9.17) is 14.2 Å². The molecule has 0 aromatic carbocycles. The smallest absolute Gasteiger partial charge is 0.306 e. The first-order valence-corrected chi connectivity index (χ1v) is 27.9. The Morgan fingerprint density at radius 2 is 0.629 bits per heavy atom. The number of esters is 3. The van der Waals surface area contributed by atoms with Gasteiger partial charge in [0, 0.05) is 19.3 Å². The highest BCUT2D eigenvalue weighted by Gasteiger charge is 2.19. The van der Waals surface area contributed by atoms with Crippen LogP contribution in [-0.2, 0) is 28.6 Å². The minimum atomic E-state index is -0.836. The molecule has 0 fully saturated rings. The zero-order chi connectivity index (χ0) is 50.7. The average molecular weight is 965 g/mol. The van der Waals surface area contributed by atoms with Gasteiger partial charge < -0.3 is 14.2 Å². The van der Waals surface area contributed by atoms with E-state index in [1.54, 1.807) is 0 Å². The van der Waals surface area contributed by atoms with Gasteiger partial charge in [-0.1, -0.05) is 244 Å². The molecule has 0 N–H and O–H groups in total. The summed E-state index contributed by atoms with van der Waals surface area (Å²) in [6, 6.07) is 0. The molecule has 0 saturated heterocycles. The lowest BCUT2D eigenvalue weighted by Crippen LogP contribution is -2.30. The molecule has 70 heavy (non-hydrogen) atoms. The minimum Gasteiger partial charge on any atom is -0.462 e. The fourth-order valence-corrected chi connectivity index (χ4v) is 7.06. The number of carbonyl (C=O) groups is 3. The number of hydrogen-bond donors (Lipinski definition) is 0. The molecule has 0 aliphatic heterocycles. The van der Waals surface area contributed by atoms with Crippen molar-refractivity contribution < 1.29 is 28.6 Å². The Hall–Kier alpha value is -4.71. The highest BCUT2D eigenvalue weighted by atomic mass is 16.6. The van der Waals surface area contributed by atoms with Crippen molar-refractivity contribution in [2.24, 2.45) is 0 Å². The predicted octanol–water partition coefficient (Wildman–Crippen LogP) is 18.8. The van der Waals surface area contributed by atoms with Crippen molar-refractivity contribution in [1.82, 2.24) is 0 Å². The van der Waals surface area contributed by atoms with Crippen LogP contribution in [0.3, 0.4) is 0 Å². The largest absolute Gasteiger partial charge is 0.462 e. The molecule has 392 valence electrons. The molecule has 6 heteroatoms. The molecule has 1 unspecified atom stereocenters. The molecule has 0 rings (SSSR count). The standard InChI is InChI=1S/C64H100O6/c1-4-7-10-13-16-19-22-25-28-31-32-34-36-39-42-45-48-51-54-57-63(66)69-60-61(59-68-62(65)56-53-50-47-44-41-38-35-30-27-24-21-18-15-12-9-6-3)70-64(67)58-55-52-49-46-43-40-37-33-29-26-23-20-17-14-11-8-5-2/h7,10,13,16-17,19-20,22,25-26,28-32,34-37,39-40,42,46,49,61H,4-6,8-9,11-12,14-15,18,21,23-24,27,33,38,41,43-45,47-48,50-60H2,1-3H3/b10-7-,16-13-,20-17-,22-19-,28-25-,29-26-,32-31+,35-30-,36-34-,40-37-,42-39-,49-46-. The van der Waals surface area contributed by atoms with Crippen molar-refractivity contribution in [3.05, 3.63) is 146 Å². The summed E-state index contributed by atoms with van der Waals surface area (Å²) in [7, 11) is 0. The van der Waals surface area contributed by atoms with Gasteiger partial charge in [0.1, 0.15) is 13.2 Å². The quantitative estimate of drug-likeness (QED) is 0.0199. The van der Waals surface area contributed by atoms with Crippen LogP contribution in [0.5, 0.6) is 0 Å². The molecule has 0 spiro atoms. The van der Waals surface area contributed by atoms with E-state index in [1.165, 1.54) is 83.5 Å². The Kier molecular flexibility index (Phi) is 53.0. The lowest BCUT2D eigenvalue weighted by atomic mass is 10.1. The second-order valence-corrected chi connectivity index (χ2v) is 17.9. The Labute approximate surface area is 429 Å². The van der Waals surface area contributed by atoms with Crippen LogP contribution in [0.4, 0.5) is 0 Å². The second kappa shape index (κ2) is 56.9. The van der Waals surface area contributed by atoms with Gasteiger partial charge in [-0.15, -0.1) is 0 Å². The fraction of sp³-hybridized carbons (Fsp3) is 0.578. The van der Waals surface area contributed by atoms with Crippen molar-refractivity contribution in [3.8, 4) is 0 Å². The number of carbonyl (C=O) groups excluding carboxylic acids is 3. The van der Waals surface area contributed by atoms with Crippen molar-refractivity contribution in [2.45, 2.75) is 226 Å². The van der Waals surface area contributed by atoms with E-state index in [2.05, 4.69) is 93.7 Å². The number of hydrogen-bond acceptors (Lipinski definition) is 6. The van der Waals surface area contributed by atoms with Crippen molar-refractivity contribution in [1.29, 1.82) is 0 Å². The SMILES string of the molecule is CC\C=C/C=C\C=C/C=C\C=C\C=C/C=C\CCCCCC(=O)OCC(COC(=O)CCCCCCC/C=C\CCCCCCCCC)OC(=O)CCC/C=C\C/C=C\C/C=C\C/C=C\CCCCC. The summed E-state index contributed by atoms with van der Waals surface area (Å²) in [5, 5.41) is 0. The van der Waals surface area contributed by atoms with Crippen LogP contribution < -0.4 is 0 Å². The lowest BCUT2D eigenvalue weighted by molar-refractivity contribution is -0.167. The molecular formula is C64H100O6. The van der Waals surface area contributed by atoms with E-state index >= 15 is 0 Å². The van der Waals surface area contributed by atoms with E-state index < -0.39 is 6.10 Å². The van der Waals surface area contributed by atoms with Gasteiger partial charge >= 0.3 is 17.9 Å². The highest BCUT2D eigenvalue weighted by molar-refractivity contribution is 5.71. The van der Waals surface area contributed by atoms with Gasteiger partial charge in [0.25, 0.3) is 0 Å². The molecule has 1 atom stereocenters. The van der Waals surface area contributed by atoms with Crippen molar-refractivity contribution in [3.63, 3.8) is 0 Å². The van der Waals surface area contributed by atoms with Gasteiger partial charge in [-0.05, 0) is 103 Å². The van der Waals surface area contributed by atoms with Crippen LogP contribution in [0, 0.1) is 0 Å². The second-order valence-electron chi connectivity index (χ2n) is 17.9. The molecule has 0 bridgehead atoms. The molecule has 0 aliphatic carbocycles. The minimum absolute atomic E-state index is 0.125. The molecule has 0 aromatic heterocycles. The molecule has 0 amide bonds. The Bertz CT molecular complexity index is 1580. The van der Waals surface area contributed by atoms with Gasteiger partial charge in [-0.25, -0.2) is 0 Å². The summed E-state index contributed by atoms with van der Waals surface area (Å²) in [4.78, 5) is 38.1. The van der Waals surface area contributed by atoms with Crippen molar-refractivity contribution >= 4 is 17.9 Å². The van der Waals surface area contributed by atoms with Crippen LogP contribution in [0.2, 0.25) is 0 Å². The molecule has 0 heterocycles. The Morgan fingerprint density at radius 1 is 0.314 bits per heavy atom. The maximum atomic E-state index is 12.8. The summed E-state index contributed by atoms with van der Waals surface area (Å²) in [6.07, 6.45) is 81.2. The molecule has 0 aliphatic rings. The summed E-state index contributed by atoms with van der Waals surface area (Å²) in [5.74, 6) is -1.04. The third kappa shape index (κ3) is 54.2. The number of rotatable bonds is 48. The highest BCUT2D eigenvalue weighted by Crippen LogP contribution is 2.13. The zero-order valence-electron chi connectivity index (χ0n) is 44.7. The molecule has 0 radical (unpaired) electrons. The normalized spacial score (nSPS) is 13.2. The van der Waals surface area contributed by atoms with E-state index in [0.717, 1.165) is 83.5 Å². The lowest BCUT2D eigenvalue weighted by Gasteiger charge is -2.18. The van der Waals surface area contributed by atoms with Crippen LogP contribution in [-0.4, -0.2) is 37.2 Å². The number of allylic oxidation sites excluding steroid dienone is 24. The van der Waals surface area contributed by atoms with Crippen LogP contribution >= 0.6 is 0 Å². The first-order chi connectivity index (χ1) is 34.5. The number of unbranched alkanes of at least 4 members (excludes halogenated alkanes) is 19. The maximum Gasteiger partial charge on any atom is 0.306 e. The zero-order valence-corrected chi connectivity index (χ0v) is 44.7. The predicted molar refractivity (Wildman–Crippen MR) is 302 cm³/mol. The average Bonchev–Trinajstić information content (AvgIpc) is 3.36. The third-order valence-electron chi connectivity index (χ3n) is 11.2. The van der Waals surface area contributed by atoms with Crippen LogP contribution in [0.1, 0.15) is 220 Å². The molecule has 0 aromatic rings. The van der Waals surface area contributed by atoms with Gasteiger partial charge in [0.2, 0.25) is 0 Å². The first-order valence-electron chi connectivity index (χ1n) is 27.9. The van der Waals surface area contributed by atoms with Gasteiger partial charge in [0.05, 0.1) is 0 Å². The Morgan fingerprint density at radius 3 is 1.10 bits per heavy atom. The van der Waals surface area contributed by atoms with Crippen LogP contribution in [0.25, 0.3) is 0 Å². The maximum absolute atomic E-state index is 12.8. The van der Waals surface area contributed by atoms with E-state index in [0.29, 0.717) is 19.3 Å². The topological polar surface area (TPSA) is 78.9 Å². The monoisotopic (exact) mass is 965 g/mol. The van der Waals surface area contributed by atoms with E-state index in [1.807, 2.05) is 72.9 Å². The fourth-order valence-electron chi connectivity index (χ4n) is 7.06. The summed E-state index contributed by atoms with van der Waals surface area (Å²) in [5.41, 5.74) is 0. The summed E-state index contributed by atoms with van der Waals surface area (Å²) < 4.78 is 16.8. The van der Waals surface area contributed by atoms with Gasteiger partial charge in [-0.3, -0.25) is 14.4 Å². The third-order valence-corrected chi connectivity index (χ3v) is 11.2. The summed E-state index contributed by atoms with van der Waals surface area (Å²) in [6.45, 7) is 6.35. The first kappa shape index (κ1) is 65.3. The van der Waals surface area contributed by atoms with E-state index in [-0.39, 0.29) is 44.0 Å². The molecule has 0 saturated carbocycles. The Balaban J connectivity index is 4.62. The van der Waals surface area contributed by atoms with Crippen LogP contribution in [0.15, 0.2) is 146 Å². The van der Waals surface area contributed by atoms with E-state index in [9.17, 15) is 14.4 Å². The molecule has 6 nitrogen and oxygen atoms in total. The number of ether oxygens (including phenoxy) is 3. The van der Waals surface area contributed by atoms with Crippen molar-refractivity contribution in [2.75, 3.05) is 13.2 Å². The van der Waals surface area contributed by atoms with Gasteiger partial charge in [-0.2, -0.15) is 0 Å². The molecular weight excluding hydrogens is 865 g/mol. The summed E-state index contributed by atoms with van der Waals surface area (Å²) >= 11 is 0. The van der Waals surface area contributed by atoms with Gasteiger partial charge in [0.15, 0.2) is 6.10 Å².